The van der Waals surface area contributed by atoms with Gasteiger partial charge in [-0.15, -0.1) is 0 Å². The molecule has 0 atom stereocenters. The van der Waals surface area contributed by atoms with Crippen LogP contribution in [0.25, 0.3) is 17.3 Å². The summed E-state index contributed by atoms with van der Waals surface area (Å²) in [5.74, 6) is 0. The van der Waals surface area contributed by atoms with Crippen molar-refractivity contribution in [3.63, 3.8) is 0 Å². The number of nitriles is 1. The first-order valence-electron chi connectivity index (χ1n) is 11.6. The summed E-state index contributed by atoms with van der Waals surface area (Å²) in [6.07, 6.45) is 5.78. The summed E-state index contributed by atoms with van der Waals surface area (Å²) in [4.78, 5) is 8.53. The standard InChI is InChI=1S/C28H29N4S/c1-28(2)22-14-8-9-15-23(22)31(3)26(28)21(19-29)18-24-25(20-12-6-4-7-13-20)30-27(33-24)32-16-10-5-11-17-32/h4,6-9,12-15,18H,5,10-11,16-17H2,1-3H3/q+1. The topological polar surface area (TPSA) is 42.9 Å². The van der Waals surface area contributed by atoms with Gasteiger partial charge in [0.05, 0.1) is 16.0 Å². The normalized spacial score (nSPS) is 17.8. The maximum absolute atomic E-state index is 10.3. The predicted octanol–water partition coefficient (Wildman–Crippen LogP) is 6.41. The van der Waals surface area contributed by atoms with E-state index in [1.807, 2.05) is 18.2 Å². The van der Waals surface area contributed by atoms with E-state index >= 15 is 0 Å². The van der Waals surface area contributed by atoms with E-state index in [1.165, 1.54) is 30.5 Å². The van der Waals surface area contributed by atoms with Crippen molar-refractivity contribution >= 4 is 33.9 Å². The van der Waals surface area contributed by atoms with Gasteiger partial charge in [-0.2, -0.15) is 9.84 Å². The highest BCUT2D eigenvalue weighted by molar-refractivity contribution is 7.17. The molecule has 5 heteroatoms. The minimum Gasteiger partial charge on any atom is -0.348 e. The molecule has 5 rings (SSSR count). The van der Waals surface area contributed by atoms with Crippen molar-refractivity contribution in [1.82, 2.24) is 4.98 Å². The van der Waals surface area contributed by atoms with Crippen LogP contribution in [0.5, 0.6) is 0 Å². The maximum Gasteiger partial charge on any atom is 0.209 e. The summed E-state index contributed by atoms with van der Waals surface area (Å²) >= 11 is 1.70. The number of benzene rings is 2. The van der Waals surface area contributed by atoms with Gasteiger partial charge in [0.15, 0.2) is 5.13 Å². The zero-order chi connectivity index (χ0) is 23.0. The maximum atomic E-state index is 10.3. The summed E-state index contributed by atoms with van der Waals surface area (Å²) in [5.41, 5.74) is 5.96. The molecule has 0 aliphatic carbocycles. The lowest BCUT2D eigenvalue weighted by Gasteiger charge is -2.25. The third kappa shape index (κ3) is 3.79. The molecule has 0 spiro atoms. The molecule has 3 heterocycles. The molecule has 2 aliphatic rings. The first-order chi connectivity index (χ1) is 16.0. The van der Waals surface area contributed by atoms with Crippen LogP contribution in [0.2, 0.25) is 0 Å². The fraction of sp³-hybridized carbons (Fsp3) is 0.321. The lowest BCUT2D eigenvalue weighted by atomic mass is 9.79. The SMILES string of the molecule is C[N+]1=C(/C(C#N)=C/c2sc(N3CCCCC3)nc2-c2ccccc2)C(C)(C)c2ccccc21. The van der Waals surface area contributed by atoms with Crippen molar-refractivity contribution in [3.8, 4) is 17.3 Å². The number of thiazole rings is 1. The van der Waals surface area contributed by atoms with Gasteiger partial charge in [-0.25, -0.2) is 4.98 Å². The smallest absolute Gasteiger partial charge is 0.209 e. The number of para-hydroxylation sites is 1. The van der Waals surface area contributed by atoms with Crippen LogP contribution in [0.15, 0.2) is 60.2 Å². The number of rotatable bonds is 4. The zero-order valence-electron chi connectivity index (χ0n) is 19.5. The van der Waals surface area contributed by atoms with E-state index in [0.29, 0.717) is 5.57 Å². The van der Waals surface area contributed by atoms with E-state index in [2.05, 4.69) is 78.9 Å². The number of anilines is 1. The Labute approximate surface area is 200 Å². The second-order valence-corrected chi connectivity index (χ2v) is 10.4. The van der Waals surface area contributed by atoms with Gasteiger partial charge < -0.3 is 4.90 Å². The Balaban J connectivity index is 1.64. The molecule has 1 saturated heterocycles. The van der Waals surface area contributed by atoms with Crippen LogP contribution in [-0.4, -0.2) is 35.4 Å². The quantitative estimate of drug-likeness (QED) is 0.338. The average Bonchev–Trinajstić information content (AvgIpc) is 3.36. The largest absolute Gasteiger partial charge is 0.348 e. The summed E-state index contributed by atoms with van der Waals surface area (Å²) in [7, 11) is 2.07. The lowest BCUT2D eigenvalue weighted by Crippen LogP contribution is -2.29. The molecule has 0 saturated carbocycles. The minimum absolute atomic E-state index is 0.250. The van der Waals surface area contributed by atoms with Crippen LogP contribution in [0.3, 0.4) is 0 Å². The molecule has 2 aromatic carbocycles. The van der Waals surface area contributed by atoms with Crippen LogP contribution in [-0.2, 0) is 5.41 Å². The van der Waals surface area contributed by atoms with Gasteiger partial charge in [-0.3, -0.25) is 0 Å². The second-order valence-electron chi connectivity index (χ2n) is 9.34. The molecule has 4 nitrogen and oxygen atoms in total. The van der Waals surface area contributed by atoms with E-state index in [4.69, 9.17) is 4.98 Å². The molecule has 33 heavy (non-hydrogen) atoms. The van der Waals surface area contributed by atoms with Gasteiger partial charge in [0.1, 0.15) is 18.7 Å². The van der Waals surface area contributed by atoms with Crippen molar-refractivity contribution in [1.29, 1.82) is 5.26 Å². The molecule has 2 aliphatic heterocycles. The molecular formula is C28H29N4S+. The summed E-state index contributed by atoms with van der Waals surface area (Å²) < 4.78 is 2.18. The van der Waals surface area contributed by atoms with Crippen LogP contribution < -0.4 is 4.90 Å². The molecule has 0 amide bonds. The number of piperidine rings is 1. The van der Waals surface area contributed by atoms with Gasteiger partial charge in [-0.1, -0.05) is 59.9 Å². The van der Waals surface area contributed by atoms with Gasteiger partial charge in [0, 0.05) is 30.3 Å². The molecule has 3 aromatic rings. The summed E-state index contributed by atoms with van der Waals surface area (Å²) in [5, 5.41) is 11.4. The van der Waals surface area contributed by atoms with Crippen molar-refractivity contribution in [2.75, 3.05) is 25.0 Å². The molecule has 0 bridgehead atoms. The molecule has 0 N–H and O–H groups in total. The van der Waals surface area contributed by atoms with Crippen LogP contribution in [0.4, 0.5) is 10.8 Å². The average molecular weight is 454 g/mol. The van der Waals surface area contributed by atoms with E-state index in [9.17, 15) is 5.26 Å². The Hall–Kier alpha value is -3.23. The van der Waals surface area contributed by atoms with E-state index in [0.717, 1.165) is 40.1 Å². The zero-order valence-corrected chi connectivity index (χ0v) is 20.3. The monoisotopic (exact) mass is 453 g/mol. The molecule has 0 unspecified atom stereocenters. The third-order valence-electron chi connectivity index (χ3n) is 6.83. The number of allylic oxidation sites excluding steroid dienone is 1. The molecular weight excluding hydrogens is 424 g/mol. The molecule has 1 aromatic heterocycles. The molecule has 0 radical (unpaired) electrons. The number of hydrogen-bond donors (Lipinski definition) is 0. The predicted molar refractivity (Wildman–Crippen MR) is 138 cm³/mol. The van der Waals surface area contributed by atoms with Crippen LogP contribution in [0, 0.1) is 11.3 Å². The number of nitrogens with zero attached hydrogens (tertiary/aromatic N) is 4. The first-order valence-corrected chi connectivity index (χ1v) is 12.5. The number of hydrogen-bond acceptors (Lipinski definition) is 4. The highest BCUT2D eigenvalue weighted by Gasteiger charge is 2.46. The third-order valence-corrected chi connectivity index (χ3v) is 7.90. The van der Waals surface area contributed by atoms with Gasteiger partial charge in [-0.05, 0) is 39.2 Å². The first kappa shape index (κ1) is 21.6. The van der Waals surface area contributed by atoms with Crippen LogP contribution in [0.1, 0.15) is 43.6 Å². The second kappa shape index (κ2) is 8.61. The van der Waals surface area contributed by atoms with Crippen LogP contribution >= 0.6 is 11.3 Å². The lowest BCUT2D eigenvalue weighted by molar-refractivity contribution is -0.401. The number of fused-ring (bicyclic) bond motifs is 1. The van der Waals surface area contributed by atoms with E-state index < -0.39 is 0 Å². The van der Waals surface area contributed by atoms with Crippen molar-refractivity contribution in [2.45, 2.75) is 38.5 Å². The fourth-order valence-electron chi connectivity index (χ4n) is 5.21. The summed E-state index contributed by atoms with van der Waals surface area (Å²) in [6.45, 7) is 6.52. The molecule has 166 valence electrons. The van der Waals surface area contributed by atoms with E-state index in [1.54, 1.807) is 11.3 Å². The Kier molecular flexibility index (Phi) is 5.64. The fourth-order valence-corrected chi connectivity index (χ4v) is 6.29. The molecule has 1 fully saturated rings. The summed E-state index contributed by atoms with van der Waals surface area (Å²) in [6, 6.07) is 21.3. The van der Waals surface area contributed by atoms with Crippen molar-refractivity contribution in [2.24, 2.45) is 0 Å². The van der Waals surface area contributed by atoms with Crippen molar-refractivity contribution in [3.05, 3.63) is 70.6 Å². The Morgan fingerprint density at radius 1 is 1.06 bits per heavy atom. The van der Waals surface area contributed by atoms with Gasteiger partial charge in [0.2, 0.25) is 11.4 Å². The van der Waals surface area contributed by atoms with Gasteiger partial charge in [0.25, 0.3) is 0 Å². The Bertz CT molecular complexity index is 1280. The highest BCUT2D eigenvalue weighted by atomic mass is 32.1. The minimum atomic E-state index is -0.250. The highest BCUT2D eigenvalue weighted by Crippen LogP contribution is 2.42. The van der Waals surface area contributed by atoms with Gasteiger partial charge >= 0.3 is 0 Å². The number of aromatic nitrogens is 1. The van der Waals surface area contributed by atoms with E-state index in [-0.39, 0.29) is 5.41 Å². The van der Waals surface area contributed by atoms with Crippen molar-refractivity contribution < 1.29 is 4.58 Å². The Morgan fingerprint density at radius 2 is 1.76 bits per heavy atom. The Morgan fingerprint density at radius 3 is 2.45 bits per heavy atom.